The minimum absolute atomic E-state index is 0.0147. The van der Waals surface area contributed by atoms with E-state index in [0.717, 1.165) is 11.1 Å². The number of nitrogens with zero attached hydrogens (tertiary/aromatic N) is 4. The van der Waals surface area contributed by atoms with Crippen molar-refractivity contribution in [3.8, 4) is 17.1 Å². The summed E-state index contributed by atoms with van der Waals surface area (Å²) in [5.74, 6) is 1.98. The van der Waals surface area contributed by atoms with E-state index in [9.17, 15) is 4.79 Å². The van der Waals surface area contributed by atoms with E-state index in [1.165, 1.54) is 0 Å². The van der Waals surface area contributed by atoms with E-state index in [-0.39, 0.29) is 24.3 Å². The topological polar surface area (TPSA) is 81.4 Å². The maximum Gasteiger partial charge on any atom is 0.260 e. The van der Waals surface area contributed by atoms with E-state index in [1.54, 1.807) is 17.3 Å². The molecule has 1 fully saturated rings. The molecule has 7 nitrogen and oxygen atoms in total. The summed E-state index contributed by atoms with van der Waals surface area (Å²) in [6.07, 6.45) is 3.40. The van der Waals surface area contributed by atoms with Gasteiger partial charge in [0, 0.05) is 31.0 Å². The molecule has 2 unspecified atom stereocenters. The normalized spacial score (nSPS) is 19.0. The van der Waals surface area contributed by atoms with Crippen LogP contribution in [0.1, 0.15) is 24.3 Å². The smallest absolute Gasteiger partial charge is 0.260 e. The van der Waals surface area contributed by atoms with Crippen molar-refractivity contribution in [1.29, 1.82) is 0 Å². The van der Waals surface area contributed by atoms with Crippen molar-refractivity contribution in [3.63, 3.8) is 0 Å². The summed E-state index contributed by atoms with van der Waals surface area (Å²) in [6.45, 7) is 5.30. The first-order chi connectivity index (χ1) is 13.6. The third-order valence-electron chi connectivity index (χ3n) is 5.00. The standard InChI is InChI=1S/C21H22N4O3/c1-14-5-3-7-17(9-14)27-13-19(26)25-11-15(2)18(12-25)21-23-20(24-28-21)16-6-4-8-22-10-16/h3-10,15,18H,11-13H2,1-2H3. The van der Waals surface area contributed by atoms with Crippen LogP contribution >= 0.6 is 0 Å². The van der Waals surface area contributed by atoms with Gasteiger partial charge in [0.2, 0.25) is 11.7 Å². The monoisotopic (exact) mass is 378 g/mol. The van der Waals surface area contributed by atoms with Crippen LogP contribution in [0.2, 0.25) is 0 Å². The molecule has 0 radical (unpaired) electrons. The SMILES string of the molecule is Cc1cccc(OCC(=O)N2CC(C)C(c3nc(-c4cccnc4)no3)C2)c1. The predicted molar refractivity (Wildman–Crippen MR) is 103 cm³/mol. The first kappa shape index (κ1) is 18.2. The van der Waals surface area contributed by atoms with Gasteiger partial charge in [0.1, 0.15) is 5.75 Å². The lowest BCUT2D eigenvalue weighted by atomic mass is 9.98. The highest BCUT2D eigenvalue weighted by molar-refractivity contribution is 5.78. The number of aromatic nitrogens is 3. The Bertz CT molecular complexity index is 957. The molecule has 3 aromatic rings. The molecule has 144 valence electrons. The highest BCUT2D eigenvalue weighted by atomic mass is 16.5. The van der Waals surface area contributed by atoms with Gasteiger partial charge in [-0.3, -0.25) is 9.78 Å². The summed E-state index contributed by atoms with van der Waals surface area (Å²) >= 11 is 0. The van der Waals surface area contributed by atoms with Crippen LogP contribution in [0.5, 0.6) is 5.75 Å². The number of aryl methyl sites for hydroxylation is 1. The second kappa shape index (κ2) is 7.80. The second-order valence-corrected chi connectivity index (χ2v) is 7.19. The molecule has 4 rings (SSSR count). The highest BCUT2D eigenvalue weighted by Gasteiger charge is 2.37. The lowest BCUT2D eigenvalue weighted by Crippen LogP contribution is -2.33. The molecular formula is C21H22N4O3. The first-order valence-corrected chi connectivity index (χ1v) is 9.31. The maximum atomic E-state index is 12.6. The van der Waals surface area contributed by atoms with Gasteiger partial charge in [-0.15, -0.1) is 0 Å². The minimum atomic E-state index is -0.0390. The molecule has 1 aliphatic heterocycles. The lowest BCUT2D eigenvalue weighted by Gasteiger charge is -2.16. The Hall–Kier alpha value is -3.22. The van der Waals surface area contributed by atoms with E-state index in [1.807, 2.05) is 43.3 Å². The van der Waals surface area contributed by atoms with Crippen molar-refractivity contribution < 1.29 is 14.1 Å². The third-order valence-corrected chi connectivity index (χ3v) is 5.00. The fraction of sp³-hybridized carbons (Fsp3) is 0.333. The van der Waals surface area contributed by atoms with E-state index in [2.05, 4.69) is 22.0 Å². The summed E-state index contributed by atoms with van der Waals surface area (Å²) in [5, 5.41) is 4.07. The number of likely N-dealkylation sites (tertiary alicyclic amines) is 1. The Morgan fingerprint density at radius 3 is 2.96 bits per heavy atom. The summed E-state index contributed by atoms with van der Waals surface area (Å²) in [7, 11) is 0. The summed E-state index contributed by atoms with van der Waals surface area (Å²) in [6, 6.07) is 11.4. The van der Waals surface area contributed by atoms with E-state index < -0.39 is 0 Å². The molecule has 1 amide bonds. The Balaban J connectivity index is 1.39. The molecule has 0 saturated carbocycles. The quantitative estimate of drug-likeness (QED) is 0.679. The van der Waals surface area contributed by atoms with Gasteiger partial charge >= 0.3 is 0 Å². The first-order valence-electron chi connectivity index (χ1n) is 9.31. The van der Waals surface area contributed by atoms with Crippen molar-refractivity contribution in [3.05, 3.63) is 60.2 Å². The number of hydrogen-bond donors (Lipinski definition) is 0. The fourth-order valence-electron chi connectivity index (χ4n) is 3.43. The van der Waals surface area contributed by atoms with Gasteiger partial charge < -0.3 is 14.2 Å². The van der Waals surface area contributed by atoms with Gasteiger partial charge in [0.25, 0.3) is 5.91 Å². The molecule has 28 heavy (non-hydrogen) atoms. The van der Waals surface area contributed by atoms with Gasteiger partial charge in [0.05, 0.1) is 5.92 Å². The largest absolute Gasteiger partial charge is 0.484 e. The number of pyridine rings is 1. The Labute approximate surface area is 163 Å². The number of rotatable bonds is 5. The predicted octanol–water partition coefficient (Wildman–Crippen LogP) is 3.08. The Morgan fingerprint density at radius 2 is 2.18 bits per heavy atom. The number of ether oxygens (including phenoxy) is 1. The molecule has 1 saturated heterocycles. The molecule has 7 heteroatoms. The summed E-state index contributed by atoms with van der Waals surface area (Å²) in [5.41, 5.74) is 1.91. The summed E-state index contributed by atoms with van der Waals surface area (Å²) < 4.78 is 11.1. The van der Waals surface area contributed by atoms with Crippen LogP contribution in [0.15, 0.2) is 53.3 Å². The van der Waals surface area contributed by atoms with Crippen LogP contribution in [-0.2, 0) is 4.79 Å². The average molecular weight is 378 g/mol. The van der Waals surface area contributed by atoms with E-state index in [0.29, 0.717) is 30.6 Å². The molecule has 2 atom stereocenters. The van der Waals surface area contributed by atoms with Crippen LogP contribution in [0, 0.1) is 12.8 Å². The second-order valence-electron chi connectivity index (χ2n) is 7.19. The molecule has 1 aromatic carbocycles. The number of carbonyl (C=O) groups excluding carboxylic acids is 1. The van der Waals surface area contributed by atoms with E-state index in [4.69, 9.17) is 9.26 Å². The van der Waals surface area contributed by atoms with Crippen molar-refractivity contribution >= 4 is 5.91 Å². The van der Waals surface area contributed by atoms with Crippen molar-refractivity contribution in [2.75, 3.05) is 19.7 Å². The average Bonchev–Trinajstić information content (AvgIpc) is 3.34. The molecule has 1 aliphatic rings. The fourth-order valence-corrected chi connectivity index (χ4v) is 3.43. The van der Waals surface area contributed by atoms with Crippen LogP contribution in [0.3, 0.4) is 0 Å². The van der Waals surface area contributed by atoms with Crippen LogP contribution in [-0.4, -0.2) is 45.6 Å². The van der Waals surface area contributed by atoms with Crippen LogP contribution in [0.4, 0.5) is 0 Å². The van der Waals surface area contributed by atoms with Gasteiger partial charge in [-0.1, -0.05) is 24.2 Å². The van der Waals surface area contributed by atoms with Crippen molar-refractivity contribution in [1.82, 2.24) is 20.0 Å². The molecule has 0 bridgehead atoms. The molecule has 0 N–H and O–H groups in total. The minimum Gasteiger partial charge on any atom is -0.484 e. The zero-order valence-corrected chi connectivity index (χ0v) is 15.9. The summed E-state index contributed by atoms with van der Waals surface area (Å²) in [4.78, 5) is 23.0. The highest BCUT2D eigenvalue weighted by Crippen LogP contribution is 2.32. The van der Waals surface area contributed by atoms with Crippen molar-refractivity contribution in [2.24, 2.45) is 5.92 Å². The number of carbonyl (C=O) groups is 1. The zero-order chi connectivity index (χ0) is 19.5. The molecule has 0 spiro atoms. The number of hydrogen-bond acceptors (Lipinski definition) is 6. The maximum absolute atomic E-state index is 12.6. The van der Waals surface area contributed by atoms with Crippen molar-refractivity contribution in [2.45, 2.75) is 19.8 Å². The van der Waals surface area contributed by atoms with Crippen LogP contribution < -0.4 is 4.74 Å². The Kier molecular flexibility index (Phi) is 5.06. The van der Waals surface area contributed by atoms with Gasteiger partial charge in [0.15, 0.2) is 6.61 Å². The van der Waals surface area contributed by atoms with Gasteiger partial charge in [-0.2, -0.15) is 4.98 Å². The van der Waals surface area contributed by atoms with Crippen LogP contribution in [0.25, 0.3) is 11.4 Å². The molecular weight excluding hydrogens is 356 g/mol. The Morgan fingerprint density at radius 1 is 1.29 bits per heavy atom. The lowest BCUT2D eigenvalue weighted by molar-refractivity contribution is -0.132. The number of benzene rings is 1. The third kappa shape index (κ3) is 3.88. The van der Waals surface area contributed by atoms with Gasteiger partial charge in [-0.25, -0.2) is 0 Å². The molecule has 2 aromatic heterocycles. The number of amides is 1. The molecule has 3 heterocycles. The molecule has 0 aliphatic carbocycles. The zero-order valence-electron chi connectivity index (χ0n) is 15.9. The van der Waals surface area contributed by atoms with Gasteiger partial charge in [-0.05, 0) is 42.7 Å². The van der Waals surface area contributed by atoms with E-state index >= 15 is 0 Å².